The van der Waals surface area contributed by atoms with Crippen LogP contribution in [0.3, 0.4) is 0 Å². The third-order valence-electron chi connectivity index (χ3n) is 3.10. The van der Waals surface area contributed by atoms with Crippen LogP contribution in [0.15, 0.2) is 48.5 Å². The summed E-state index contributed by atoms with van der Waals surface area (Å²) in [7, 11) is 0. The van der Waals surface area contributed by atoms with Crippen LogP contribution < -0.4 is 10.6 Å². The average molecular weight is 363 g/mol. The molecule has 0 aliphatic heterocycles. The minimum atomic E-state index is -1.25. The molecule has 7 nitrogen and oxygen atoms in total. The normalized spacial score (nSPS) is 11.3. The number of nitrogens with one attached hydrogen (secondary N) is 2. The van der Waals surface area contributed by atoms with Crippen LogP contribution in [0.25, 0.3) is 0 Å². The number of urea groups is 1. The van der Waals surface area contributed by atoms with Gasteiger partial charge in [0.2, 0.25) is 0 Å². The number of phenolic OH excluding ortho intramolecular Hbond substituents is 1. The van der Waals surface area contributed by atoms with Crippen LogP contribution in [-0.2, 0) is 9.53 Å². The molecule has 0 saturated heterocycles. The van der Waals surface area contributed by atoms with E-state index in [1.165, 1.54) is 25.1 Å². The third kappa shape index (κ3) is 5.22. The second kappa shape index (κ2) is 8.16. The fourth-order valence-corrected chi connectivity index (χ4v) is 2.02. The van der Waals surface area contributed by atoms with E-state index in [0.29, 0.717) is 5.69 Å². The predicted molar refractivity (Wildman–Crippen MR) is 91.6 cm³/mol. The van der Waals surface area contributed by atoms with Gasteiger partial charge in [0.05, 0.1) is 0 Å². The first kappa shape index (κ1) is 18.3. The van der Waals surface area contributed by atoms with Crippen LogP contribution >= 0.6 is 11.6 Å². The number of halogens is 1. The molecule has 25 heavy (non-hydrogen) atoms. The highest BCUT2D eigenvalue weighted by Crippen LogP contribution is 2.22. The fourth-order valence-electron chi connectivity index (χ4n) is 1.85. The number of amides is 3. The minimum Gasteiger partial charge on any atom is -0.507 e. The van der Waals surface area contributed by atoms with Gasteiger partial charge >= 0.3 is 12.0 Å². The Labute approximate surface area is 148 Å². The van der Waals surface area contributed by atoms with E-state index in [0.717, 1.165) is 0 Å². The van der Waals surface area contributed by atoms with Crippen molar-refractivity contribution in [2.75, 3.05) is 5.32 Å². The number of anilines is 1. The van der Waals surface area contributed by atoms with Gasteiger partial charge in [-0.25, -0.2) is 9.59 Å². The van der Waals surface area contributed by atoms with Gasteiger partial charge in [0.25, 0.3) is 5.91 Å². The first-order chi connectivity index (χ1) is 11.9. The van der Waals surface area contributed by atoms with Gasteiger partial charge in [0.1, 0.15) is 11.3 Å². The van der Waals surface area contributed by atoms with Crippen LogP contribution in [0, 0.1) is 0 Å². The Morgan fingerprint density at radius 2 is 1.80 bits per heavy atom. The number of hydrogen-bond acceptors (Lipinski definition) is 5. The van der Waals surface area contributed by atoms with Gasteiger partial charge in [-0.2, -0.15) is 0 Å². The summed E-state index contributed by atoms with van der Waals surface area (Å²) in [4.78, 5) is 35.6. The molecule has 8 heteroatoms. The van der Waals surface area contributed by atoms with Crippen LogP contribution in [0.2, 0.25) is 5.02 Å². The lowest BCUT2D eigenvalue weighted by atomic mass is 10.2. The fraction of sp³-hybridized carbons (Fsp3) is 0.118. The van der Waals surface area contributed by atoms with Crippen molar-refractivity contribution in [3.05, 3.63) is 59.1 Å². The summed E-state index contributed by atoms with van der Waals surface area (Å²) >= 11 is 5.68. The molecule has 1 unspecified atom stereocenters. The maximum atomic E-state index is 12.0. The number of imide groups is 1. The lowest BCUT2D eigenvalue weighted by Gasteiger charge is -2.14. The van der Waals surface area contributed by atoms with Gasteiger partial charge in [-0.15, -0.1) is 0 Å². The van der Waals surface area contributed by atoms with Crippen molar-refractivity contribution < 1.29 is 24.2 Å². The summed E-state index contributed by atoms with van der Waals surface area (Å²) in [6.45, 7) is 1.30. The van der Waals surface area contributed by atoms with Crippen molar-refractivity contribution in [3.8, 4) is 5.75 Å². The molecule has 130 valence electrons. The van der Waals surface area contributed by atoms with E-state index in [4.69, 9.17) is 16.3 Å². The molecule has 2 aromatic carbocycles. The molecule has 3 amide bonds. The molecule has 0 heterocycles. The molecule has 0 bridgehead atoms. The summed E-state index contributed by atoms with van der Waals surface area (Å²) in [6, 6.07) is 11.6. The molecule has 0 radical (unpaired) electrons. The second-order valence-corrected chi connectivity index (χ2v) is 5.45. The standard InChI is InChI=1S/C17H15ClN2O5/c1-10(25-16(23)13-8-7-11(18)9-14(13)21)15(22)20-17(24)19-12-5-3-2-4-6-12/h2-10,21H,1H3,(H2,19,20,22,24). The van der Waals surface area contributed by atoms with E-state index in [9.17, 15) is 19.5 Å². The number of ether oxygens (including phenoxy) is 1. The predicted octanol–water partition coefficient (Wildman–Crippen LogP) is 2.94. The Hall–Kier alpha value is -3.06. The quantitative estimate of drug-likeness (QED) is 0.725. The molecule has 0 saturated carbocycles. The average Bonchev–Trinajstić information content (AvgIpc) is 2.55. The van der Waals surface area contributed by atoms with Gasteiger partial charge in [0, 0.05) is 10.7 Å². The van der Waals surface area contributed by atoms with Crippen molar-refractivity contribution in [2.24, 2.45) is 0 Å². The number of carbonyl (C=O) groups is 3. The lowest BCUT2D eigenvalue weighted by Crippen LogP contribution is -2.41. The highest BCUT2D eigenvalue weighted by molar-refractivity contribution is 6.30. The van der Waals surface area contributed by atoms with E-state index in [1.54, 1.807) is 30.3 Å². The maximum Gasteiger partial charge on any atom is 0.342 e. The summed E-state index contributed by atoms with van der Waals surface area (Å²) in [5.41, 5.74) is 0.362. The molecule has 0 aliphatic rings. The lowest BCUT2D eigenvalue weighted by molar-refractivity contribution is -0.127. The zero-order valence-corrected chi connectivity index (χ0v) is 13.9. The zero-order valence-electron chi connectivity index (χ0n) is 13.2. The van der Waals surface area contributed by atoms with Crippen molar-refractivity contribution in [2.45, 2.75) is 13.0 Å². The number of benzene rings is 2. The first-order valence-corrected chi connectivity index (χ1v) is 7.61. The second-order valence-electron chi connectivity index (χ2n) is 5.02. The SMILES string of the molecule is CC(OC(=O)c1ccc(Cl)cc1O)C(=O)NC(=O)Nc1ccccc1. The molecule has 1 atom stereocenters. The minimum absolute atomic E-state index is 0.141. The van der Waals surface area contributed by atoms with Crippen molar-refractivity contribution in [3.63, 3.8) is 0 Å². The van der Waals surface area contributed by atoms with Crippen molar-refractivity contribution in [1.82, 2.24) is 5.32 Å². The van der Waals surface area contributed by atoms with Crippen LogP contribution in [0.5, 0.6) is 5.75 Å². The molecule has 0 fully saturated rings. The van der Waals surface area contributed by atoms with Crippen molar-refractivity contribution >= 4 is 35.2 Å². The van der Waals surface area contributed by atoms with Crippen molar-refractivity contribution in [1.29, 1.82) is 0 Å². The summed E-state index contributed by atoms with van der Waals surface area (Å²) in [5, 5.41) is 14.4. The van der Waals surface area contributed by atoms with Gasteiger partial charge in [-0.3, -0.25) is 10.1 Å². The molecule has 0 aromatic heterocycles. The molecule has 2 aromatic rings. The van der Waals surface area contributed by atoms with Crippen LogP contribution in [-0.4, -0.2) is 29.1 Å². The van der Waals surface area contributed by atoms with Gasteiger partial charge in [-0.05, 0) is 37.3 Å². The number of carbonyl (C=O) groups excluding carboxylic acids is 3. The summed E-state index contributed by atoms with van der Waals surface area (Å²) < 4.78 is 4.94. The topological polar surface area (TPSA) is 105 Å². The molecule has 0 aliphatic carbocycles. The summed E-state index contributed by atoms with van der Waals surface area (Å²) in [6.07, 6.45) is -1.25. The summed E-state index contributed by atoms with van der Waals surface area (Å²) in [5.74, 6) is -2.09. The van der Waals surface area contributed by atoms with Gasteiger partial charge in [-0.1, -0.05) is 29.8 Å². The Bertz CT molecular complexity index is 795. The largest absolute Gasteiger partial charge is 0.507 e. The number of aromatic hydroxyl groups is 1. The monoisotopic (exact) mass is 362 g/mol. The van der Waals surface area contributed by atoms with Crippen LogP contribution in [0.1, 0.15) is 17.3 Å². The Kier molecular flexibility index (Phi) is 5.97. The van der Waals surface area contributed by atoms with Gasteiger partial charge < -0.3 is 15.2 Å². The van der Waals surface area contributed by atoms with E-state index in [2.05, 4.69) is 10.6 Å². The molecule has 3 N–H and O–H groups in total. The number of rotatable bonds is 4. The number of esters is 1. The molecular formula is C17H15ClN2O5. The zero-order chi connectivity index (χ0) is 18.4. The first-order valence-electron chi connectivity index (χ1n) is 7.23. The number of phenols is 1. The van der Waals surface area contributed by atoms with E-state index in [1.807, 2.05) is 0 Å². The van der Waals surface area contributed by atoms with Gasteiger partial charge in [0.15, 0.2) is 6.10 Å². The highest BCUT2D eigenvalue weighted by atomic mass is 35.5. The highest BCUT2D eigenvalue weighted by Gasteiger charge is 2.22. The van der Waals surface area contributed by atoms with E-state index in [-0.39, 0.29) is 16.3 Å². The molecule has 2 rings (SSSR count). The van der Waals surface area contributed by atoms with E-state index < -0.39 is 24.0 Å². The number of hydrogen-bond donors (Lipinski definition) is 3. The Morgan fingerprint density at radius 1 is 1.12 bits per heavy atom. The molecule has 0 spiro atoms. The Balaban J connectivity index is 1.91. The Morgan fingerprint density at radius 3 is 2.44 bits per heavy atom. The van der Waals surface area contributed by atoms with E-state index >= 15 is 0 Å². The maximum absolute atomic E-state index is 12.0. The smallest absolute Gasteiger partial charge is 0.342 e. The molecular weight excluding hydrogens is 348 g/mol. The third-order valence-corrected chi connectivity index (χ3v) is 3.34. The van der Waals surface area contributed by atoms with Crippen LogP contribution in [0.4, 0.5) is 10.5 Å². The number of para-hydroxylation sites is 1.